The van der Waals surface area contributed by atoms with E-state index in [1.54, 1.807) is 0 Å². The van der Waals surface area contributed by atoms with Crippen molar-refractivity contribution < 1.29 is 64.1 Å². The quantitative estimate of drug-likeness (QED) is 0.0151. The molecule has 0 radical (unpaired) electrons. The first kappa shape index (κ1) is 73.4. The van der Waals surface area contributed by atoms with Crippen molar-refractivity contribution in [2.75, 3.05) is 26.4 Å². The third-order valence-corrected chi connectivity index (χ3v) is 13.8. The molecule has 0 aliphatic heterocycles. The van der Waals surface area contributed by atoms with Gasteiger partial charge in [-0.05, 0) is 101 Å². The minimum atomic E-state index is -5.01. The molecule has 0 spiro atoms. The molecule has 2 aromatic rings. The summed E-state index contributed by atoms with van der Waals surface area (Å²) in [4.78, 5) is 49.2. The zero-order chi connectivity index (χ0) is 56.1. The average Bonchev–Trinajstić information content (AvgIpc) is 3.39. The minimum absolute atomic E-state index is 0. The molecule has 2 aromatic carbocycles. The van der Waals surface area contributed by atoms with Crippen LogP contribution in [0.3, 0.4) is 0 Å². The van der Waals surface area contributed by atoms with Gasteiger partial charge < -0.3 is 28.1 Å². The second kappa shape index (κ2) is 47.2. The number of carbonyl (C=O) groups is 4. The molecule has 0 saturated heterocycles. The van der Waals surface area contributed by atoms with Gasteiger partial charge in [0.1, 0.15) is 20.2 Å². The first-order valence-corrected chi connectivity index (χ1v) is 30.9. The molecule has 0 amide bonds. The smallest absolute Gasteiger partial charge is 0.744 e. The summed E-state index contributed by atoms with van der Waals surface area (Å²) in [5, 5.41) is 0. The molecule has 2 rings (SSSR count). The van der Waals surface area contributed by atoms with Gasteiger partial charge in [-0.3, -0.25) is 0 Å². The number of ether oxygens (including phenoxy) is 4. The average molecular weight is 1140 g/mol. The standard InChI is InChI=1S/2C30H46O7S.Ca/c2*1-3-5-7-9-11-13-15-17-19-24-36-29(31)26-22-21-23-27(38(33,34)35)28(26)30(32)37-25-20-18-16-14-12-10-8-6-4-2;/h2*15-18,21-23H,3-14,19-20,24-25H2,1-2H3,(H,33,34,35);/q;;+2/p-2/b2*17-15+,18-16+;. The second-order valence-electron chi connectivity index (χ2n) is 18.7. The summed E-state index contributed by atoms with van der Waals surface area (Å²) in [6.07, 6.45) is 45.4. The fraction of sp³-hybridized carbons (Fsp3) is 0.600. The van der Waals surface area contributed by atoms with E-state index in [9.17, 15) is 45.1 Å². The molecule has 0 N–H and O–H groups in total. The third-order valence-electron chi connectivity index (χ3n) is 12.1. The number of esters is 4. The van der Waals surface area contributed by atoms with Crippen LogP contribution in [0.5, 0.6) is 0 Å². The van der Waals surface area contributed by atoms with Gasteiger partial charge >= 0.3 is 61.6 Å². The fourth-order valence-corrected chi connectivity index (χ4v) is 9.20. The number of allylic oxidation sites excluding steroid dienone is 4. The number of unbranched alkanes of at least 4 members (excludes halogenated alkanes) is 20. The van der Waals surface area contributed by atoms with Crippen LogP contribution in [-0.2, 0) is 39.2 Å². The molecule has 0 bridgehead atoms. The Balaban J connectivity index is 0.00000148. The maximum absolute atomic E-state index is 12.7. The van der Waals surface area contributed by atoms with Gasteiger partial charge in [0.15, 0.2) is 0 Å². The predicted molar refractivity (Wildman–Crippen MR) is 304 cm³/mol. The molecule has 0 aliphatic rings. The van der Waals surface area contributed by atoms with Gasteiger partial charge in [0.25, 0.3) is 0 Å². The first-order chi connectivity index (χ1) is 36.6. The van der Waals surface area contributed by atoms with E-state index in [4.69, 9.17) is 18.9 Å². The Bertz CT molecular complexity index is 2130. The molecular formula is C60H90CaO14S2. The molecule has 17 heteroatoms. The van der Waals surface area contributed by atoms with Crippen molar-refractivity contribution in [2.24, 2.45) is 0 Å². The van der Waals surface area contributed by atoms with Crippen LogP contribution in [0.15, 0.2) is 94.8 Å². The van der Waals surface area contributed by atoms with Crippen molar-refractivity contribution in [1.82, 2.24) is 0 Å². The first-order valence-electron chi connectivity index (χ1n) is 28.1. The predicted octanol–water partition coefficient (Wildman–Crippen LogP) is 14.7. The monoisotopic (exact) mass is 1140 g/mol. The normalized spacial score (nSPS) is 11.7. The van der Waals surface area contributed by atoms with E-state index in [-0.39, 0.29) is 75.3 Å². The summed E-state index contributed by atoms with van der Waals surface area (Å²) in [7, 11) is -10.0. The molecule has 0 unspecified atom stereocenters. The number of rotatable bonds is 42. The van der Waals surface area contributed by atoms with E-state index in [0.29, 0.717) is 25.7 Å². The number of benzene rings is 2. The van der Waals surface area contributed by atoms with E-state index in [0.717, 1.165) is 63.5 Å². The van der Waals surface area contributed by atoms with E-state index < -0.39 is 65.0 Å². The summed E-state index contributed by atoms with van der Waals surface area (Å²) in [6.45, 7) is 8.84. The van der Waals surface area contributed by atoms with Gasteiger partial charge in [0.2, 0.25) is 0 Å². The van der Waals surface area contributed by atoms with Crippen molar-refractivity contribution in [3.63, 3.8) is 0 Å². The van der Waals surface area contributed by atoms with Gasteiger partial charge in [-0.25, -0.2) is 36.0 Å². The van der Waals surface area contributed by atoms with E-state index in [2.05, 4.69) is 27.7 Å². The largest absolute Gasteiger partial charge is 2.00 e. The van der Waals surface area contributed by atoms with E-state index in [1.807, 2.05) is 48.6 Å². The summed E-state index contributed by atoms with van der Waals surface area (Å²) in [6, 6.07) is 6.99. The second-order valence-corrected chi connectivity index (χ2v) is 21.4. The molecule has 0 heterocycles. The van der Waals surface area contributed by atoms with Crippen molar-refractivity contribution in [2.45, 2.75) is 217 Å². The van der Waals surface area contributed by atoms with Crippen molar-refractivity contribution in [1.29, 1.82) is 0 Å². The van der Waals surface area contributed by atoms with Crippen LogP contribution < -0.4 is 0 Å². The zero-order valence-corrected chi connectivity index (χ0v) is 50.8. The Hall–Kier alpha value is -3.64. The van der Waals surface area contributed by atoms with E-state index >= 15 is 0 Å². The van der Waals surface area contributed by atoms with Crippen molar-refractivity contribution >= 4 is 81.9 Å². The Labute approximate surface area is 493 Å². The van der Waals surface area contributed by atoms with Crippen LogP contribution in [0.25, 0.3) is 0 Å². The molecule has 0 saturated carbocycles. The summed E-state index contributed by atoms with van der Waals surface area (Å²) < 4.78 is 91.6. The van der Waals surface area contributed by atoms with Gasteiger partial charge in [-0.1, -0.05) is 191 Å². The molecule has 0 aliphatic carbocycles. The van der Waals surface area contributed by atoms with Crippen molar-refractivity contribution in [3.05, 3.63) is 107 Å². The SMILES string of the molecule is CCCCCCC/C=C/CCOC(=O)c1cccc(S(=O)(=O)[O-])c1C(=O)OCC/C=C/CCCCCCC.CCCCCCC/C=C/CCOC(=O)c1cccc(S(=O)(=O)[O-])c1C(=O)OCC/C=C/CCCCCCC.[Ca+2]. The van der Waals surface area contributed by atoms with Crippen LogP contribution in [0.4, 0.5) is 0 Å². The Morgan fingerprint density at radius 3 is 0.844 bits per heavy atom. The summed E-state index contributed by atoms with van der Waals surface area (Å²) >= 11 is 0. The maximum Gasteiger partial charge on any atom is 2.00 e. The molecule has 0 aromatic heterocycles. The van der Waals surface area contributed by atoms with Crippen LogP contribution >= 0.6 is 0 Å². The minimum Gasteiger partial charge on any atom is -0.744 e. The van der Waals surface area contributed by atoms with Crippen LogP contribution in [0.1, 0.15) is 249 Å². The summed E-state index contributed by atoms with van der Waals surface area (Å²) in [5.74, 6) is -3.83. The Morgan fingerprint density at radius 2 is 0.597 bits per heavy atom. The number of hydrogen-bond donors (Lipinski definition) is 0. The van der Waals surface area contributed by atoms with Crippen molar-refractivity contribution in [3.8, 4) is 0 Å². The molecule has 14 nitrogen and oxygen atoms in total. The Kier molecular flexibility index (Phi) is 45.0. The van der Waals surface area contributed by atoms with Gasteiger partial charge in [0.05, 0.1) is 58.5 Å². The van der Waals surface area contributed by atoms with Crippen LogP contribution in [0.2, 0.25) is 0 Å². The van der Waals surface area contributed by atoms with Gasteiger partial charge in [0, 0.05) is 0 Å². The topological polar surface area (TPSA) is 220 Å². The van der Waals surface area contributed by atoms with Crippen LogP contribution in [-0.4, -0.2) is 114 Å². The molecule has 0 atom stereocenters. The maximum atomic E-state index is 12.7. The molecule has 428 valence electrons. The van der Waals surface area contributed by atoms with Crippen LogP contribution in [0, 0.1) is 0 Å². The van der Waals surface area contributed by atoms with E-state index in [1.165, 1.54) is 127 Å². The molecule has 77 heavy (non-hydrogen) atoms. The number of hydrogen-bond acceptors (Lipinski definition) is 14. The Morgan fingerprint density at radius 1 is 0.364 bits per heavy atom. The zero-order valence-electron chi connectivity index (χ0n) is 46.9. The molecular weight excluding hydrogens is 1050 g/mol. The van der Waals surface area contributed by atoms with Gasteiger partial charge in [-0.2, -0.15) is 0 Å². The summed E-state index contributed by atoms with van der Waals surface area (Å²) in [5.41, 5.74) is -1.74. The molecule has 0 fully saturated rings. The third kappa shape index (κ3) is 35.6. The number of carbonyl (C=O) groups excluding carboxylic acids is 4. The fourth-order valence-electron chi connectivity index (χ4n) is 7.82. The van der Waals surface area contributed by atoms with Gasteiger partial charge in [-0.15, -0.1) is 0 Å².